The van der Waals surface area contributed by atoms with E-state index in [1.54, 1.807) is 0 Å². The standard InChI is InChI=1S/C11H9Cl3N4OS/c1-2-20-11-16-10(17-18-11)15-9(19)7-5(12)3-4-6(13)8(7)14/h3-4H,2H2,1H3,(H2,15,16,17,18,19). The lowest BCUT2D eigenvalue weighted by atomic mass is 10.2. The van der Waals surface area contributed by atoms with Crippen LogP contribution in [0.25, 0.3) is 0 Å². The Balaban J connectivity index is 2.21. The number of thioether (sulfide) groups is 1. The van der Waals surface area contributed by atoms with Gasteiger partial charge < -0.3 is 0 Å². The molecule has 1 aromatic carbocycles. The number of nitrogens with zero attached hydrogens (tertiary/aromatic N) is 2. The minimum atomic E-state index is -0.508. The van der Waals surface area contributed by atoms with E-state index in [0.29, 0.717) is 5.16 Å². The van der Waals surface area contributed by atoms with Crippen molar-refractivity contribution in [3.8, 4) is 0 Å². The highest BCUT2D eigenvalue weighted by Crippen LogP contribution is 2.31. The molecule has 0 saturated carbocycles. The van der Waals surface area contributed by atoms with Crippen molar-refractivity contribution in [3.63, 3.8) is 0 Å². The van der Waals surface area contributed by atoms with Gasteiger partial charge in [0.2, 0.25) is 11.1 Å². The van der Waals surface area contributed by atoms with Crippen molar-refractivity contribution in [2.75, 3.05) is 11.1 Å². The highest BCUT2D eigenvalue weighted by Gasteiger charge is 2.18. The van der Waals surface area contributed by atoms with Gasteiger partial charge in [-0.15, -0.1) is 5.10 Å². The molecule has 20 heavy (non-hydrogen) atoms. The lowest BCUT2D eigenvalue weighted by molar-refractivity contribution is 0.102. The summed E-state index contributed by atoms with van der Waals surface area (Å²) in [4.78, 5) is 16.2. The van der Waals surface area contributed by atoms with E-state index in [2.05, 4.69) is 20.5 Å². The first kappa shape index (κ1) is 15.4. The van der Waals surface area contributed by atoms with Crippen molar-refractivity contribution in [1.82, 2.24) is 15.2 Å². The summed E-state index contributed by atoms with van der Waals surface area (Å²) in [7, 11) is 0. The predicted octanol–water partition coefficient (Wildman–Crippen LogP) is 4.13. The van der Waals surface area contributed by atoms with Gasteiger partial charge in [0.15, 0.2) is 0 Å². The number of halogens is 3. The summed E-state index contributed by atoms with van der Waals surface area (Å²) in [5.74, 6) is 0.543. The maximum absolute atomic E-state index is 12.1. The second kappa shape index (κ2) is 6.67. The molecular weight excluding hydrogens is 343 g/mol. The molecule has 0 bridgehead atoms. The molecule has 106 valence electrons. The molecule has 1 amide bonds. The number of carbonyl (C=O) groups is 1. The minimum absolute atomic E-state index is 0.0966. The van der Waals surface area contributed by atoms with Gasteiger partial charge in [0.05, 0.1) is 20.6 Å². The Hall–Kier alpha value is -0.950. The molecule has 5 nitrogen and oxygen atoms in total. The summed E-state index contributed by atoms with van der Waals surface area (Å²) in [6.07, 6.45) is 0. The zero-order valence-electron chi connectivity index (χ0n) is 10.2. The first-order valence-corrected chi connectivity index (χ1v) is 7.65. The zero-order valence-corrected chi connectivity index (χ0v) is 13.3. The fourth-order valence-corrected chi connectivity index (χ4v) is 2.63. The van der Waals surface area contributed by atoms with Gasteiger partial charge in [0.25, 0.3) is 5.91 Å². The van der Waals surface area contributed by atoms with Crippen molar-refractivity contribution >= 4 is 58.4 Å². The number of hydrogen-bond acceptors (Lipinski definition) is 4. The molecule has 2 N–H and O–H groups in total. The van der Waals surface area contributed by atoms with Crippen LogP contribution in [0.3, 0.4) is 0 Å². The fourth-order valence-electron chi connectivity index (χ4n) is 1.40. The number of aromatic amines is 1. The molecule has 0 spiro atoms. The van der Waals surface area contributed by atoms with Crippen LogP contribution in [0.5, 0.6) is 0 Å². The molecule has 0 unspecified atom stereocenters. The van der Waals surface area contributed by atoms with Gasteiger partial charge in [-0.25, -0.2) is 5.10 Å². The van der Waals surface area contributed by atoms with Gasteiger partial charge in [-0.1, -0.05) is 53.5 Å². The Morgan fingerprint density at radius 2 is 2.05 bits per heavy atom. The van der Waals surface area contributed by atoms with Crippen LogP contribution >= 0.6 is 46.6 Å². The molecule has 0 aliphatic heterocycles. The van der Waals surface area contributed by atoms with Crippen LogP contribution in [0.15, 0.2) is 17.3 Å². The van der Waals surface area contributed by atoms with E-state index in [1.807, 2.05) is 6.92 Å². The number of amides is 1. The lowest BCUT2D eigenvalue weighted by Gasteiger charge is -2.07. The van der Waals surface area contributed by atoms with E-state index in [0.717, 1.165) is 5.75 Å². The molecule has 0 atom stereocenters. The summed E-state index contributed by atoms with van der Waals surface area (Å²) >= 11 is 19.3. The molecule has 1 aromatic heterocycles. The van der Waals surface area contributed by atoms with Crippen molar-refractivity contribution in [1.29, 1.82) is 0 Å². The molecule has 0 aliphatic carbocycles. The van der Waals surface area contributed by atoms with Crippen molar-refractivity contribution in [3.05, 3.63) is 32.8 Å². The van der Waals surface area contributed by atoms with Crippen molar-refractivity contribution < 1.29 is 4.79 Å². The van der Waals surface area contributed by atoms with Gasteiger partial charge in [-0.3, -0.25) is 10.1 Å². The lowest BCUT2D eigenvalue weighted by Crippen LogP contribution is -2.14. The van der Waals surface area contributed by atoms with Crippen LogP contribution in [-0.4, -0.2) is 26.8 Å². The SMILES string of the molecule is CCSc1n[nH]c(NC(=O)c2c(Cl)ccc(Cl)c2Cl)n1. The third kappa shape index (κ3) is 3.38. The Labute approximate surface area is 134 Å². The number of hydrogen-bond donors (Lipinski definition) is 2. The molecule has 0 aliphatic rings. The van der Waals surface area contributed by atoms with Gasteiger partial charge in [0, 0.05) is 0 Å². The number of aromatic nitrogens is 3. The number of benzene rings is 1. The maximum Gasteiger partial charge on any atom is 0.261 e. The predicted molar refractivity (Wildman–Crippen MR) is 82.2 cm³/mol. The Bertz CT molecular complexity index is 647. The molecule has 0 fully saturated rings. The van der Waals surface area contributed by atoms with E-state index in [9.17, 15) is 4.79 Å². The van der Waals surface area contributed by atoms with Crippen LogP contribution in [0.1, 0.15) is 17.3 Å². The third-order valence-electron chi connectivity index (χ3n) is 2.24. The second-order valence-corrected chi connectivity index (χ2v) is 6.00. The van der Waals surface area contributed by atoms with Gasteiger partial charge in [-0.05, 0) is 17.9 Å². The Morgan fingerprint density at radius 1 is 1.35 bits per heavy atom. The Morgan fingerprint density at radius 3 is 2.75 bits per heavy atom. The van der Waals surface area contributed by atoms with E-state index in [1.165, 1.54) is 23.9 Å². The summed E-state index contributed by atoms with van der Waals surface area (Å²) in [6, 6.07) is 3.02. The fraction of sp³-hybridized carbons (Fsp3) is 0.182. The zero-order chi connectivity index (χ0) is 14.7. The molecule has 0 radical (unpaired) electrons. The van der Waals surface area contributed by atoms with E-state index in [4.69, 9.17) is 34.8 Å². The third-order valence-corrected chi connectivity index (χ3v) is 4.09. The van der Waals surface area contributed by atoms with Gasteiger partial charge in [0.1, 0.15) is 0 Å². The summed E-state index contributed by atoms with van der Waals surface area (Å²) in [5.41, 5.74) is 0.0990. The minimum Gasteiger partial charge on any atom is -0.291 e. The van der Waals surface area contributed by atoms with Gasteiger partial charge >= 0.3 is 0 Å². The summed E-state index contributed by atoms with van der Waals surface area (Å²) in [6.45, 7) is 1.98. The topological polar surface area (TPSA) is 70.7 Å². The number of nitrogens with one attached hydrogen (secondary N) is 2. The van der Waals surface area contributed by atoms with Crippen molar-refractivity contribution in [2.45, 2.75) is 12.1 Å². The van der Waals surface area contributed by atoms with Crippen LogP contribution in [0, 0.1) is 0 Å². The normalized spacial score (nSPS) is 10.6. The number of anilines is 1. The summed E-state index contributed by atoms with van der Waals surface area (Å²) in [5, 5.41) is 10.2. The van der Waals surface area contributed by atoms with Gasteiger partial charge in [-0.2, -0.15) is 4.98 Å². The molecule has 0 saturated heterocycles. The maximum atomic E-state index is 12.1. The number of H-pyrrole nitrogens is 1. The molecule has 9 heteroatoms. The smallest absolute Gasteiger partial charge is 0.261 e. The van der Waals surface area contributed by atoms with E-state index >= 15 is 0 Å². The first-order chi connectivity index (χ1) is 9.52. The van der Waals surface area contributed by atoms with Crippen LogP contribution in [-0.2, 0) is 0 Å². The molecule has 1 heterocycles. The van der Waals surface area contributed by atoms with E-state index in [-0.39, 0.29) is 26.6 Å². The van der Waals surface area contributed by atoms with E-state index < -0.39 is 5.91 Å². The average molecular weight is 352 g/mol. The van der Waals surface area contributed by atoms with Crippen LogP contribution in [0.2, 0.25) is 15.1 Å². The largest absolute Gasteiger partial charge is 0.291 e. The quantitative estimate of drug-likeness (QED) is 0.642. The average Bonchev–Trinajstić information content (AvgIpc) is 2.82. The highest BCUT2D eigenvalue weighted by molar-refractivity contribution is 7.99. The second-order valence-electron chi connectivity index (χ2n) is 3.57. The number of rotatable bonds is 4. The number of carbonyl (C=O) groups excluding carboxylic acids is 1. The molecule has 2 rings (SSSR count). The van der Waals surface area contributed by atoms with Crippen LogP contribution < -0.4 is 5.32 Å². The molecule has 2 aromatic rings. The van der Waals surface area contributed by atoms with Crippen LogP contribution in [0.4, 0.5) is 5.95 Å². The summed E-state index contributed by atoms with van der Waals surface area (Å²) < 4.78 is 0. The monoisotopic (exact) mass is 350 g/mol. The first-order valence-electron chi connectivity index (χ1n) is 5.53. The highest BCUT2D eigenvalue weighted by atomic mass is 35.5. The molecular formula is C11H9Cl3N4OS. The van der Waals surface area contributed by atoms with Crippen molar-refractivity contribution in [2.24, 2.45) is 0 Å². The Kier molecular flexibility index (Phi) is 5.15.